The number of nitrogen functional groups attached to an aromatic ring is 1. The van der Waals surface area contributed by atoms with Crippen LogP contribution >= 0.6 is 15.9 Å². The van der Waals surface area contributed by atoms with Crippen molar-refractivity contribution in [3.05, 3.63) is 88.2 Å². The number of benzene rings is 1. The quantitative estimate of drug-likeness (QED) is 0.450. The van der Waals surface area contributed by atoms with E-state index in [4.69, 9.17) is 11.0 Å². The van der Waals surface area contributed by atoms with Crippen LogP contribution in [0.3, 0.4) is 0 Å². The molecule has 4 aromatic rings. The number of fused-ring (bicyclic) bond motifs is 1. The SMILES string of the molecule is CC(c1ncccn1)N(Cc1ccc(C#N)cn1)C(=O)c1ccc2nc(N)c(Br)cc2c1. The van der Waals surface area contributed by atoms with Gasteiger partial charge in [-0.2, -0.15) is 5.26 Å². The van der Waals surface area contributed by atoms with Crippen molar-refractivity contribution in [1.82, 2.24) is 24.8 Å². The first kappa shape index (κ1) is 21.3. The normalized spacial score (nSPS) is 11.7. The average molecular weight is 488 g/mol. The van der Waals surface area contributed by atoms with Gasteiger partial charge < -0.3 is 10.6 Å². The summed E-state index contributed by atoms with van der Waals surface area (Å²) in [5.41, 5.74) is 8.17. The molecule has 9 heteroatoms. The molecule has 0 aliphatic heterocycles. The molecule has 158 valence electrons. The Bertz CT molecular complexity index is 1320. The summed E-state index contributed by atoms with van der Waals surface area (Å²) in [7, 11) is 0. The summed E-state index contributed by atoms with van der Waals surface area (Å²) in [5, 5.41) is 9.81. The molecule has 0 aliphatic carbocycles. The molecule has 0 aliphatic rings. The van der Waals surface area contributed by atoms with Gasteiger partial charge in [0.1, 0.15) is 17.7 Å². The second-order valence-corrected chi connectivity index (χ2v) is 7.98. The van der Waals surface area contributed by atoms with Gasteiger partial charge in [0.25, 0.3) is 5.91 Å². The molecule has 0 bridgehead atoms. The molecule has 4 rings (SSSR count). The van der Waals surface area contributed by atoms with Gasteiger partial charge in [0, 0.05) is 29.5 Å². The number of hydrogen-bond donors (Lipinski definition) is 1. The number of nitriles is 1. The Kier molecular flexibility index (Phi) is 6.05. The minimum absolute atomic E-state index is 0.203. The van der Waals surface area contributed by atoms with Crippen molar-refractivity contribution >= 4 is 38.6 Å². The summed E-state index contributed by atoms with van der Waals surface area (Å²) in [6.45, 7) is 2.10. The van der Waals surface area contributed by atoms with Crippen LogP contribution in [0.15, 0.2) is 65.5 Å². The van der Waals surface area contributed by atoms with E-state index in [0.717, 1.165) is 5.39 Å². The van der Waals surface area contributed by atoms with Gasteiger partial charge in [0.2, 0.25) is 0 Å². The van der Waals surface area contributed by atoms with Crippen LogP contribution < -0.4 is 5.73 Å². The summed E-state index contributed by atoms with van der Waals surface area (Å²) in [6.07, 6.45) is 4.78. The molecule has 3 aromatic heterocycles. The molecule has 1 unspecified atom stereocenters. The van der Waals surface area contributed by atoms with E-state index < -0.39 is 6.04 Å². The molecular weight excluding hydrogens is 470 g/mol. The first-order valence-corrected chi connectivity index (χ1v) is 10.5. The topological polar surface area (TPSA) is 122 Å². The largest absolute Gasteiger partial charge is 0.383 e. The number of nitrogens with two attached hydrogens (primary N) is 1. The van der Waals surface area contributed by atoms with Gasteiger partial charge in [-0.15, -0.1) is 0 Å². The van der Waals surface area contributed by atoms with E-state index in [1.807, 2.05) is 19.1 Å². The van der Waals surface area contributed by atoms with Crippen LogP contribution in [-0.2, 0) is 6.54 Å². The maximum atomic E-state index is 13.6. The highest BCUT2D eigenvalue weighted by atomic mass is 79.9. The van der Waals surface area contributed by atoms with E-state index in [2.05, 4.69) is 35.9 Å². The van der Waals surface area contributed by atoms with Gasteiger partial charge in [0.15, 0.2) is 0 Å². The summed E-state index contributed by atoms with van der Waals surface area (Å²) in [6, 6.07) is 13.9. The molecule has 0 spiro atoms. The van der Waals surface area contributed by atoms with Crippen molar-refractivity contribution in [1.29, 1.82) is 5.26 Å². The fraction of sp³-hybridized carbons (Fsp3) is 0.130. The fourth-order valence-corrected chi connectivity index (χ4v) is 3.61. The zero-order valence-corrected chi connectivity index (χ0v) is 18.7. The first-order valence-electron chi connectivity index (χ1n) is 9.75. The van der Waals surface area contributed by atoms with E-state index in [0.29, 0.717) is 38.5 Å². The standard InChI is InChI=1S/C23H18BrN7O/c1-14(22-27-7-2-8-28-22)31(13-18-5-3-15(11-25)12-29-18)23(32)16-4-6-20-17(9-16)10-19(24)21(26)30-20/h2-10,12,14H,13H2,1H3,(H2,26,30). The highest BCUT2D eigenvalue weighted by Gasteiger charge is 2.25. The van der Waals surface area contributed by atoms with Crippen molar-refractivity contribution in [3.63, 3.8) is 0 Å². The van der Waals surface area contributed by atoms with Gasteiger partial charge in [-0.1, -0.05) is 0 Å². The van der Waals surface area contributed by atoms with Crippen molar-refractivity contribution < 1.29 is 4.79 Å². The van der Waals surface area contributed by atoms with Crippen LogP contribution in [0, 0.1) is 11.3 Å². The number of carbonyl (C=O) groups excluding carboxylic acids is 1. The van der Waals surface area contributed by atoms with Gasteiger partial charge in [-0.3, -0.25) is 9.78 Å². The minimum Gasteiger partial charge on any atom is -0.383 e. The fourth-order valence-electron chi connectivity index (χ4n) is 3.27. The Morgan fingerprint density at radius 1 is 1.19 bits per heavy atom. The lowest BCUT2D eigenvalue weighted by Gasteiger charge is -2.28. The molecule has 0 fully saturated rings. The summed E-state index contributed by atoms with van der Waals surface area (Å²) in [5.74, 6) is 0.707. The molecule has 2 N–H and O–H groups in total. The van der Waals surface area contributed by atoms with E-state index in [1.165, 1.54) is 6.20 Å². The molecule has 0 saturated carbocycles. The van der Waals surface area contributed by atoms with E-state index in [-0.39, 0.29) is 12.5 Å². The third kappa shape index (κ3) is 4.40. The van der Waals surface area contributed by atoms with Crippen LogP contribution in [0.25, 0.3) is 10.9 Å². The summed E-state index contributed by atoms with van der Waals surface area (Å²) < 4.78 is 0.666. The van der Waals surface area contributed by atoms with Crippen LogP contribution in [0.1, 0.15) is 40.4 Å². The molecular formula is C23H18BrN7O. The van der Waals surface area contributed by atoms with Crippen molar-refractivity contribution in [3.8, 4) is 6.07 Å². The lowest BCUT2D eigenvalue weighted by Crippen LogP contribution is -2.34. The van der Waals surface area contributed by atoms with Crippen LogP contribution in [-0.4, -0.2) is 30.7 Å². The number of amides is 1. The van der Waals surface area contributed by atoms with Crippen molar-refractivity contribution in [2.45, 2.75) is 19.5 Å². The van der Waals surface area contributed by atoms with Gasteiger partial charge >= 0.3 is 0 Å². The number of aromatic nitrogens is 4. The number of carbonyl (C=O) groups is 1. The monoisotopic (exact) mass is 487 g/mol. The molecule has 8 nitrogen and oxygen atoms in total. The second-order valence-electron chi connectivity index (χ2n) is 7.13. The number of hydrogen-bond acceptors (Lipinski definition) is 7. The van der Waals surface area contributed by atoms with E-state index in [9.17, 15) is 4.79 Å². The predicted octanol–water partition coefficient (Wildman–Crippen LogP) is 4.04. The predicted molar refractivity (Wildman–Crippen MR) is 123 cm³/mol. The number of rotatable bonds is 5. The van der Waals surface area contributed by atoms with Crippen LogP contribution in [0.4, 0.5) is 5.82 Å². The average Bonchev–Trinajstić information content (AvgIpc) is 2.83. The van der Waals surface area contributed by atoms with Gasteiger partial charge in [0.05, 0.1) is 33.8 Å². The highest BCUT2D eigenvalue weighted by Crippen LogP contribution is 2.26. The molecule has 1 amide bonds. The molecule has 32 heavy (non-hydrogen) atoms. The number of nitrogens with zero attached hydrogens (tertiary/aromatic N) is 6. The zero-order valence-electron chi connectivity index (χ0n) is 17.1. The molecule has 0 saturated heterocycles. The maximum Gasteiger partial charge on any atom is 0.254 e. The van der Waals surface area contributed by atoms with E-state index >= 15 is 0 Å². The van der Waals surface area contributed by atoms with Gasteiger partial charge in [-0.25, -0.2) is 15.0 Å². The van der Waals surface area contributed by atoms with Crippen molar-refractivity contribution in [2.75, 3.05) is 5.73 Å². The Balaban J connectivity index is 1.72. The van der Waals surface area contributed by atoms with Gasteiger partial charge in [-0.05, 0) is 65.3 Å². The Labute approximate surface area is 192 Å². The Hall–Kier alpha value is -3.90. The lowest BCUT2D eigenvalue weighted by atomic mass is 10.1. The Morgan fingerprint density at radius 3 is 2.66 bits per heavy atom. The smallest absolute Gasteiger partial charge is 0.254 e. The lowest BCUT2D eigenvalue weighted by molar-refractivity contribution is 0.0663. The van der Waals surface area contributed by atoms with Crippen LogP contribution in [0.2, 0.25) is 0 Å². The zero-order chi connectivity index (χ0) is 22.7. The number of halogens is 1. The molecule has 0 radical (unpaired) electrons. The van der Waals surface area contributed by atoms with Crippen LogP contribution in [0.5, 0.6) is 0 Å². The third-order valence-corrected chi connectivity index (χ3v) is 5.65. The molecule has 3 heterocycles. The van der Waals surface area contributed by atoms with E-state index in [1.54, 1.807) is 53.7 Å². The number of pyridine rings is 2. The second kappa shape index (κ2) is 9.08. The first-order chi connectivity index (χ1) is 15.5. The highest BCUT2D eigenvalue weighted by molar-refractivity contribution is 9.10. The third-order valence-electron chi connectivity index (χ3n) is 5.02. The molecule has 1 aromatic carbocycles. The summed E-state index contributed by atoms with van der Waals surface area (Å²) >= 11 is 3.39. The molecule has 1 atom stereocenters. The number of anilines is 1. The minimum atomic E-state index is -0.409. The Morgan fingerprint density at radius 2 is 1.97 bits per heavy atom. The maximum absolute atomic E-state index is 13.6. The summed E-state index contributed by atoms with van der Waals surface area (Å²) in [4.78, 5) is 32.6. The van der Waals surface area contributed by atoms with Crippen molar-refractivity contribution in [2.24, 2.45) is 0 Å².